The zero-order chi connectivity index (χ0) is 17.8. The number of methoxy groups -OCH3 is 1. The fourth-order valence-corrected chi connectivity index (χ4v) is 3.39. The van der Waals surface area contributed by atoms with Crippen molar-refractivity contribution in [2.45, 2.75) is 12.0 Å². The van der Waals surface area contributed by atoms with Crippen molar-refractivity contribution in [3.63, 3.8) is 0 Å². The summed E-state index contributed by atoms with van der Waals surface area (Å²) in [5, 5.41) is 0. The highest BCUT2D eigenvalue weighted by Gasteiger charge is 2.38. The van der Waals surface area contributed by atoms with Gasteiger partial charge in [0, 0.05) is 12.0 Å². The van der Waals surface area contributed by atoms with Gasteiger partial charge in [-0.3, -0.25) is 10.3 Å². The van der Waals surface area contributed by atoms with Crippen LogP contribution in [0.5, 0.6) is 5.75 Å². The fourth-order valence-electron chi connectivity index (χ4n) is 3.39. The van der Waals surface area contributed by atoms with Crippen LogP contribution in [0.1, 0.15) is 16.7 Å². The first-order valence-corrected chi connectivity index (χ1v) is 8.70. The van der Waals surface area contributed by atoms with Crippen molar-refractivity contribution in [3.8, 4) is 5.75 Å². The Bertz CT molecular complexity index is 906. The highest BCUT2D eigenvalue weighted by atomic mass is 16.7. The Morgan fingerprint density at radius 2 is 1.50 bits per heavy atom. The smallest absolute Gasteiger partial charge is 0.145 e. The summed E-state index contributed by atoms with van der Waals surface area (Å²) in [4.78, 5) is 6.20. The zero-order valence-electron chi connectivity index (χ0n) is 14.7. The maximum atomic E-state index is 6.20. The normalized spacial score (nSPS) is 18.9. The molecule has 0 spiro atoms. The third-order valence-electron chi connectivity index (χ3n) is 4.69. The summed E-state index contributed by atoms with van der Waals surface area (Å²) < 4.78 is 5.51. The molecule has 1 unspecified atom stereocenters. The van der Waals surface area contributed by atoms with Gasteiger partial charge in [0.2, 0.25) is 0 Å². The molecule has 0 fully saturated rings. The van der Waals surface area contributed by atoms with Gasteiger partial charge < -0.3 is 4.74 Å². The summed E-state index contributed by atoms with van der Waals surface area (Å²) in [6.45, 7) is 0. The van der Waals surface area contributed by atoms with Gasteiger partial charge in [-0.2, -0.15) is 0 Å². The van der Waals surface area contributed by atoms with Gasteiger partial charge in [-0.25, -0.2) is 0 Å². The van der Waals surface area contributed by atoms with Crippen LogP contribution in [0.3, 0.4) is 0 Å². The maximum Gasteiger partial charge on any atom is 0.145 e. The molecule has 0 bridgehead atoms. The Balaban J connectivity index is 1.79. The number of benzene rings is 3. The summed E-state index contributed by atoms with van der Waals surface area (Å²) in [7, 11) is 1.68. The SMILES string of the molecule is COc1ccccc1C1=CC(Cc2ccccc2)(c2ccccc2)ON1. The minimum atomic E-state index is -0.571. The molecule has 0 aromatic heterocycles. The highest BCUT2D eigenvalue weighted by Crippen LogP contribution is 2.39. The van der Waals surface area contributed by atoms with Crippen molar-refractivity contribution in [3.05, 3.63) is 108 Å². The van der Waals surface area contributed by atoms with Gasteiger partial charge in [0.1, 0.15) is 11.4 Å². The van der Waals surface area contributed by atoms with E-state index in [1.165, 1.54) is 5.56 Å². The first kappa shape index (κ1) is 16.4. The van der Waals surface area contributed by atoms with Gasteiger partial charge in [-0.1, -0.05) is 72.8 Å². The molecule has 3 nitrogen and oxygen atoms in total. The Labute approximate surface area is 153 Å². The summed E-state index contributed by atoms with van der Waals surface area (Å²) in [5.41, 5.74) is 6.80. The molecular formula is C23H21NO2. The Kier molecular flexibility index (Phi) is 4.46. The van der Waals surface area contributed by atoms with Crippen LogP contribution in [0, 0.1) is 0 Å². The lowest BCUT2D eigenvalue weighted by molar-refractivity contribution is -0.0380. The lowest BCUT2D eigenvalue weighted by Crippen LogP contribution is -2.29. The van der Waals surface area contributed by atoms with Gasteiger partial charge in [0.15, 0.2) is 0 Å². The van der Waals surface area contributed by atoms with E-state index in [0.29, 0.717) is 0 Å². The second-order valence-corrected chi connectivity index (χ2v) is 6.38. The van der Waals surface area contributed by atoms with E-state index in [1.54, 1.807) is 7.11 Å². The summed E-state index contributed by atoms with van der Waals surface area (Å²) in [6, 6.07) is 28.7. The van der Waals surface area contributed by atoms with Crippen LogP contribution in [0.15, 0.2) is 91.0 Å². The predicted octanol–water partition coefficient (Wildman–Crippen LogP) is 4.71. The molecule has 0 amide bonds. The van der Waals surface area contributed by atoms with E-state index in [9.17, 15) is 0 Å². The lowest BCUT2D eigenvalue weighted by atomic mass is 9.86. The standard InChI is InChI=1S/C23H21NO2/c1-25-22-15-9-8-14-20(22)21-17-23(26-24-21,19-12-6-3-7-13-19)16-18-10-4-2-5-11-18/h2-15,17,24H,16H2,1H3. The van der Waals surface area contributed by atoms with Gasteiger partial charge in [-0.05, 0) is 29.3 Å². The van der Waals surface area contributed by atoms with E-state index in [1.807, 2.05) is 48.5 Å². The molecule has 26 heavy (non-hydrogen) atoms. The summed E-state index contributed by atoms with van der Waals surface area (Å²) in [6.07, 6.45) is 2.90. The number of hydrogen-bond donors (Lipinski definition) is 1. The lowest BCUT2D eigenvalue weighted by Gasteiger charge is -2.26. The molecule has 0 saturated carbocycles. The van der Waals surface area contributed by atoms with E-state index in [4.69, 9.17) is 9.57 Å². The van der Waals surface area contributed by atoms with Crippen LogP contribution in [-0.2, 0) is 16.9 Å². The van der Waals surface area contributed by atoms with E-state index in [-0.39, 0.29) is 0 Å². The average Bonchev–Trinajstić information content (AvgIpc) is 3.14. The summed E-state index contributed by atoms with van der Waals surface area (Å²) >= 11 is 0. The fraction of sp³-hybridized carbons (Fsp3) is 0.130. The predicted molar refractivity (Wildman–Crippen MR) is 103 cm³/mol. The monoisotopic (exact) mass is 343 g/mol. The molecule has 3 aromatic rings. The van der Waals surface area contributed by atoms with Gasteiger partial charge >= 0.3 is 0 Å². The van der Waals surface area contributed by atoms with Gasteiger partial charge in [-0.15, -0.1) is 0 Å². The van der Waals surface area contributed by atoms with Crippen molar-refractivity contribution in [2.75, 3.05) is 7.11 Å². The second kappa shape index (κ2) is 7.06. The van der Waals surface area contributed by atoms with E-state index >= 15 is 0 Å². The number of ether oxygens (including phenoxy) is 1. The van der Waals surface area contributed by atoms with Crippen LogP contribution in [0.25, 0.3) is 5.70 Å². The van der Waals surface area contributed by atoms with Crippen molar-refractivity contribution >= 4 is 5.70 Å². The molecule has 1 N–H and O–H groups in total. The van der Waals surface area contributed by atoms with Crippen LogP contribution < -0.4 is 10.2 Å². The summed E-state index contributed by atoms with van der Waals surface area (Å²) in [5.74, 6) is 0.818. The number of hydroxylamine groups is 1. The Morgan fingerprint density at radius 1 is 0.846 bits per heavy atom. The third-order valence-corrected chi connectivity index (χ3v) is 4.69. The number of nitrogens with one attached hydrogen (secondary N) is 1. The van der Waals surface area contributed by atoms with Crippen molar-refractivity contribution < 1.29 is 9.57 Å². The molecule has 3 aromatic carbocycles. The van der Waals surface area contributed by atoms with Crippen LogP contribution in [0.2, 0.25) is 0 Å². The Morgan fingerprint density at radius 3 is 2.23 bits per heavy atom. The molecule has 0 radical (unpaired) electrons. The van der Waals surface area contributed by atoms with Crippen molar-refractivity contribution in [1.82, 2.24) is 5.48 Å². The number of rotatable bonds is 5. The molecule has 130 valence electrons. The number of para-hydroxylation sites is 1. The topological polar surface area (TPSA) is 30.5 Å². The minimum Gasteiger partial charge on any atom is -0.496 e. The number of hydrogen-bond acceptors (Lipinski definition) is 3. The quantitative estimate of drug-likeness (QED) is 0.728. The van der Waals surface area contributed by atoms with Crippen LogP contribution in [-0.4, -0.2) is 7.11 Å². The van der Waals surface area contributed by atoms with E-state index < -0.39 is 5.60 Å². The molecular weight excluding hydrogens is 322 g/mol. The van der Waals surface area contributed by atoms with Crippen molar-refractivity contribution in [2.24, 2.45) is 0 Å². The largest absolute Gasteiger partial charge is 0.496 e. The van der Waals surface area contributed by atoms with Crippen molar-refractivity contribution in [1.29, 1.82) is 0 Å². The molecule has 1 atom stereocenters. The van der Waals surface area contributed by atoms with Gasteiger partial charge in [0.05, 0.1) is 12.8 Å². The van der Waals surface area contributed by atoms with Gasteiger partial charge in [0.25, 0.3) is 0 Å². The van der Waals surface area contributed by atoms with Crippen LogP contribution in [0.4, 0.5) is 0 Å². The molecule has 0 saturated heterocycles. The molecule has 1 heterocycles. The average molecular weight is 343 g/mol. The zero-order valence-corrected chi connectivity index (χ0v) is 14.7. The molecule has 1 aliphatic heterocycles. The van der Waals surface area contributed by atoms with Crippen LogP contribution >= 0.6 is 0 Å². The minimum absolute atomic E-state index is 0.571. The molecule has 1 aliphatic rings. The third kappa shape index (κ3) is 3.09. The maximum absolute atomic E-state index is 6.20. The first-order valence-electron chi connectivity index (χ1n) is 8.70. The first-order chi connectivity index (χ1) is 12.8. The molecule has 4 rings (SSSR count). The van der Waals surface area contributed by atoms with E-state index in [2.05, 4.69) is 48.0 Å². The second-order valence-electron chi connectivity index (χ2n) is 6.38. The molecule has 3 heteroatoms. The molecule has 0 aliphatic carbocycles. The van der Waals surface area contributed by atoms with E-state index in [0.717, 1.165) is 29.0 Å². The Hall–Kier alpha value is -3.04. The highest BCUT2D eigenvalue weighted by molar-refractivity contribution is 5.71.